The van der Waals surface area contributed by atoms with Gasteiger partial charge in [-0.2, -0.15) is 0 Å². The first-order valence-corrected chi connectivity index (χ1v) is 5.81. The van der Waals surface area contributed by atoms with Crippen molar-refractivity contribution in [3.05, 3.63) is 16.1 Å². The van der Waals surface area contributed by atoms with E-state index in [-0.39, 0.29) is 5.91 Å². The molecule has 0 radical (unpaired) electrons. The lowest BCUT2D eigenvalue weighted by Crippen LogP contribution is -2.34. The normalized spacial score (nSPS) is 12.5. The Morgan fingerprint density at radius 2 is 2.47 bits per heavy atom. The number of carbonyl (C=O) groups is 1. The molecule has 0 aliphatic heterocycles. The highest BCUT2D eigenvalue weighted by atomic mass is 32.1. The first-order chi connectivity index (χ1) is 7.13. The molecule has 0 spiro atoms. The fourth-order valence-corrected chi connectivity index (χ4v) is 1.83. The van der Waals surface area contributed by atoms with Crippen LogP contribution in [0.1, 0.15) is 24.5 Å². The molecule has 0 aromatic carbocycles. The first-order valence-electron chi connectivity index (χ1n) is 4.93. The van der Waals surface area contributed by atoms with E-state index in [1.165, 1.54) is 0 Å². The predicted octanol–water partition coefficient (Wildman–Crippen LogP) is 1.49. The number of aryl methyl sites for hydroxylation is 1. The zero-order valence-electron chi connectivity index (χ0n) is 9.24. The number of nitrogens with zero attached hydrogens (tertiary/aromatic N) is 1. The molecule has 0 saturated heterocycles. The van der Waals surface area contributed by atoms with Gasteiger partial charge in [-0.1, -0.05) is 0 Å². The van der Waals surface area contributed by atoms with Crippen LogP contribution in [0.4, 0.5) is 0 Å². The minimum absolute atomic E-state index is 0.0929. The predicted molar refractivity (Wildman–Crippen MR) is 59.8 cm³/mol. The average molecular weight is 228 g/mol. The van der Waals surface area contributed by atoms with Crippen molar-refractivity contribution in [3.63, 3.8) is 0 Å². The van der Waals surface area contributed by atoms with Gasteiger partial charge in [0.15, 0.2) is 0 Å². The van der Waals surface area contributed by atoms with Crippen LogP contribution in [0.15, 0.2) is 5.38 Å². The van der Waals surface area contributed by atoms with Crippen molar-refractivity contribution < 1.29 is 9.53 Å². The third kappa shape index (κ3) is 3.97. The van der Waals surface area contributed by atoms with E-state index in [0.29, 0.717) is 13.2 Å². The Balaban J connectivity index is 2.34. The third-order valence-corrected chi connectivity index (χ3v) is 2.83. The van der Waals surface area contributed by atoms with E-state index in [1.54, 1.807) is 18.3 Å². The molecule has 1 heterocycles. The van der Waals surface area contributed by atoms with Gasteiger partial charge >= 0.3 is 0 Å². The number of thiazole rings is 1. The van der Waals surface area contributed by atoms with Crippen LogP contribution in [-0.4, -0.2) is 23.6 Å². The summed E-state index contributed by atoms with van der Waals surface area (Å²) in [5.74, 6) is -0.0929. The summed E-state index contributed by atoms with van der Waals surface area (Å²) < 4.78 is 5.17. The van der Waals surface area contributed by atoms with E-state index < -0.39 is 6.10 Å². The number of rotatable bonds is 5. The van der Waals surface area contributed by atoms with E-state index in [0.717, 1.165) is 10.7 Å². The lowest BCUT2D eigenvalue weighted by molar-refractivity contribution is -0.131. The van der Waals surface area contributed by atoms with Crippen LogP contribution >= 0.6 is 11.3 Å². The average Bonchev–Trinajstić information content (AvgIpc) is 2.61. The molecular weight excluding hydrogens is 212 g/mol. The smallest absolute Gasteiger partial charge is 0.249 e. The Morgan fingerprint density at radius 3 is 3.00 bits per heavy atom. The van der Waals surface area contributed by atoms with Gasteiger partial charge in [-0.05, 0) is 20.8 Å². The van der Waals surface area contributed by atoms with Crippen LogP contribution in [0.25, 0.3) is 0 Å². The molecule has 1 aromatic heterocycles. The molecule has 1 N–H and O–H groups in total. The van der Waals surface area contributed by atoms with Crippen molar-refractivity contribution in [1.29, 1.82) is 0 Å². The minimum Gasteiger partial charge on any atom is -0.369 e. The molecule has 1 amide bonds. The SMILES string of the molecule is CCO[C@H](C)C(=O)NCc1nc(C)cs1. The molecule has 0 bridgehead atoms. The molecule has 1 rings (SSSR count). The summed E-state index contributed by atoms with van der Waals surface area (Å²) >= 11 is 1.55. The Morgan fingerprint density at radius 1 is 1.73 bits per heavy atom. The highest BCUT2D eigenvalue weighted by molar-refractivity contribution is 7.09. The molecule has 0 unspecified atom stereocenters. The van der Waals surface area contributed by atoms with Crippen molar-refractivity contribution >= 4 is 17.2 Å². The highest BCUT2D eigenvalue weighted by Gasteiger charge is 2.12. The van der Waals surface area contributed by atoms with Crippen molar-refractivity contribution in [1.82, 2.24) is 10.3 Å². The summed E-state index contributed by atoms with van der Waals surface area (Å²) in [7, 11) is 0. The van der Waals surface area contributed by atoms with Gasteiger partial charge in [0.25, 0.3) is 0 Å². The summed E-state index contributed by atoms with van der Waals surface area (Å²) in [6.07, 6.45) is -0.393. The van der Waals surface area contributed by atoms with Gasteiger partial charge in [-0.3, -0.25) is 4.79 Å². The van der Waals surface area contributed by atoms with Crippen molar-refractivity contribution in [2.75, 3.05) is 6.61 Å². The standard InChI is InChI=1S/C10H16N2O2S/c1-4-14-8(3)10(13)11-5-9-12-7(2)6-15-9/h6,8H,4-5H2,1-3H3,(H,11,13)/t8-/m1/s1. The topological polar surface area (TPSA) is 51.2 Å². The molecule has 0 aliphatic carbocycles. The molecule has 4 nitrogen and oxygen atoms in total. The maximum atomic E-state index is 11.5. The number of carbonyl (C=O) groups excluding carboxylic acids is 1. The Hall–Kier alpha value is -0.940. The molecule has 0 aliphatic rings. The van der Waals surface area contributed by atoms with E-state index in [1.807, 2.05) is 19.2 Å². The van der Waals surface area contributed by atoms with Crippen LogP contribution in [0.2, 0.25) is 0 Å². The zero-order chi connectivity index (χ0) is 11.3. The monoisotopic (exact) mass is 228 g/mol. The fourth-order valence-electron chi connectivity index (χ4n) is 1.12. The Kier molecular flexibility index (Phi) is 4.71. The van der Waals surface area contributed by atoms with Gasteiger partial charge in [0, 0.05) is 17.7 Å². The largest absolute Gasteiger partial charge is 0.369 e. The maximum Gasteiger partial charge on any atom is 0.249 e. The van der Waals surface area contributed by atoms with Gasteiger partial charge in [0.05, 0.1) is 6.54 Å². The molecule has 15 heavy (non-hydrogen) atoms. The quantitative estimate of drug-likeness (QED) is 0.830. The van der Waals surface area contributed by atoms with Crippen molar-refractivity contribution in [3.8, 4) is 0 Å². The number of nitrogens with one attached hydrogen (secondary N) is 1. The molecule has 1 atom stereocenters. The number of amides is 1. The van der Waals surface area contributed by atoms with E-state index in [9.17, 15) is 4.79 Å². The van der Waals surface area contributed by atoms with E-state index in [2.05, 4.69) is 10.3 Å². The van der Waals surface area contributed by atoms with Gasteiger partial charge < -0.3 is 10.1 Å². The molecule has 5 heteroatoms. The Labute approximate surface area is 93.7 Å². The van der Waals surface area contributed by atoms with Crippen LogP contribution in [-0.2, 0) is 16.1 Å². The number of hydrogen-bond acceptors (Lipinski definition) is 4. The zero-order valence-corrected chi connectivity index (χ0v) is 10.1. The van der Waals surface area contributed by atoms with Crippen LogP contribution in [0, 0.1) is 6.92 Å². The number of ether oxygens (including phenoxy) is 1. The van der Waals surface area contributed by atoms with Crippen molar-refractivity contribution in [2.45, 2.75) is 33.4 Å². The van der Waals surface area contributed by atoms with E-state index >= 15 is 0 Å². The fraction of sp³-hybridized carbons (Fsp3) is 0.600. The second-order valence-electron chi connectivity index (χ2n) is 3.20. The maximum absolute atomic E-state index is 11.5. The summed E-state index contributed by atoms with van der Waals surface area (Å²) in [4.78, 5) is 15.7. The number of hydrogen-bond donors (Lipinski definition) is 1. The summed E-state index contributed by atoms with van der Waals surface area (Å²) in [6.45, 7) is 6.57. The summed E-state index contributed by atoms with van der Waals surface area (Å²) in [5.41, 5.74) is 0.988. The lowest BCUT2D eigenvalue weighted by Gasteiger charge is -2.10. The lowest BCUT2D eigenvalue weighted by atomic mass is 10.4. The molecule has 0 saturated carbocycles. The molecule has 84 valence electrons. The van der Waals surface area contributed by atoms with E-state index in [4.69, 9.17) is 4.74 Å². The third-order valence-electron chi connectivity index (χ3n) is 1.87. The minimum atomic E-state index is -0.393. The van der Waals surface area contributed by atoms with Crippen LogP contribution in [0.5, 0.6) is 0 Å². The van der Waals surface area contributed by atoms with Crippen LogP contribution < -0.4 is 5.32 Å². The van der Waals surface area contributed by atoms with Gasteiger partial charge in [-0.15, -0.1) is 11.3 Å². The highest BCUT2D eigenvalue weighted by Crippen LogP contribution is 2.07. The molecular formula is C10H16N2O2S. The molecule has 0 fully saturated rings. The van der Waals surface area contributed by atoms with Gasteiger partial charge in [0.1, 0.15) is 11.1 Å². The first kappa shape index (κ1) is 12.1. The van der Waals surface area contributed by atoms with Crippen LogP contribution in [0.3, 0.4) is 0 Å². The second kappa shape index (κ2) is 5.82. The summed E-state index contributed by atoms with van der Waals surface area (Å²) in [6, 6.07) is 0. The summed E-state index contributed by atoms with van der Waals surface area (Å²) in [5, 5.41) is 5.67. The molecule has 1 aromatic rings. The second-order valence-corrected chi connectivity index (χ2v) is 4.14. The van der Waals surface area contributed by atoms with Crippen molar-refractivity contribution in [2.24, 2.45) is 0 Å². The number of aromatic nitrogens is 1. The van der Waals surface area contributed by atoms with Gasteiger partial charge in [0.2, 0.25) is 5.91 Å². The van der Waals surface area contributed by atoms with Gasteiger partial charge in [-0.25, -0.2) is 4.98 Å². The Bertz CT molecular complexity index is 325.